The summed E-state index contributed by atoms with van der Waals surface area (Å²) in [6.07, 6.45) is 4.97. The summed E-state index contributed by atoms with van der Waals surface area (Å²) in [6, 6.07) is -3.45. The predicted octanol–water partition coefficient (Wildman–Crippen LogP) is -1.88. The summed E-state index contributed by atoms with van der Waals surface area (Å²) in [7, 11) is 0. The Bertz CT molecular complexity index is 2400. The van der Waals surface area contributed by atoms with E-state index in [4.69, 9.17) is 6.58 Å². The topological polar surface area (TPSA) is 285 Å². The van der Waals surface area contributed by atoms with E-state index in [1.54, 1.807) is 0 Å². The molecule has 406 valence electrons. The number of hydrogen-bond donors (Lipinski definition) is 14. The molecule has 37 atom stereocenters. The van der Waals surface area contributed by atoms with Crippen molar-refractivity contribution in [3.63, 3.8) is 0 Å². The van der Waals surface area contributed by atoms with Gasteiger partial charge in [0.05, 0.1) is 87.9 Å². The van der Waals surface area contributed by atoms with Crippen LogP contribution in [0.25, 0.3) is 0 Å². The Kier molecular flexibility index (Phi) is 9.76. The van der Waals surface area contributed by atoms with Gasteiger partial charge in [-0.25, -0.2) is 0 Å². The molecule has 17 rings (SSSR count). The third-order valence-corrected chi connectivity index (χ3v) is 29.3. The largest absolute Gasteiger partial charge is 0.395 e. The fourth-order valence-electron chi connectivity index (χ4n) is 29.6. The summed E-state index contributed by atoms with van der Waals surface area (Å²) in [6.45, 7) is 1.36. The highest BCUT2D eigenvalue weighted by Crippen LogP contribution is 2.96. The molecule has 37 unspecified atom stereocenters. The van der Waals surface area contributed by atoms with Crippen LogP contribution >= 0.6 is 0 Å². The lowest BCUT2D eigenvalue weighted by molar-refractivity contribution is -0.148. The molecule has 0 aromatic heterocycles. The van der Waals surface area contributed by atoms with Crippen molar-refractivity contribution in [3.05, 3.63) is 12.7 Å². The van der Waals surface area contributed by atoms with Crippen LogP contribution in [0.3, 0.4) is 0 Å². The van der Waals surface area contributed by atoms with Crippen LogP contribution in [-0.2, 0) is 9.59 Å². The lowest BCUT2D eigenvalue weighted by Gasteiger charge is -2.61. The molecule has 0 radical (unpaired) electrons. The van der Waals surface area contributed by atoms with Crippen molar-refractivity contribution in [2.75, 3.05) is 52.9 Å². The minimum absolute atomic E-state index is 0.112. The molecule has 0 aliphatic heterocycles. The van der Waals surface area contributed by atoms with E-state index in [2.05, 4.69) is 27.3 Å². The van der Waals surface area contributed by atoms with Gasteiger partial charge in [-0.1, -0.05) is 6.08 Å². The van der Waals surface area contributed by atoms with E-state index in [-0.39, 0.29) is 59.2 Å². The summed E-state index contributed by atoms with van der Waals surface area (Å²) < 4.78 is 0. The number of aliphatic hydroxyl groups is 10. The second kappa shape index (κ2) is 15.3. The molecular formula is C58H82N4O12. The zero-order chi connectivity index (χ0) is 50.4. The Hall–Kier alpha value is -1.80. The van der Waals surface area contributed by atoms with Gasteiger partial charge in [0, 0.05) is 0 Å². The van der Waals surface area contributed by atoms with Crippen molar-refractivity contribution in [2.45, 2.75) is 68.7 Å². The monoisotopic (exact) mass is 1030 g/mol. The second-order valence-electron chi connectivity index (χ2n) is 29.2. The number of carbonyl (C=O) groups is 2. The summed E-state index contributed by atoms with van der Waals surface area (Å²) in [5, 5.41) is 122. The fraction of sp³-hybridized carbons (Fsp3) is 0.931. The summed E-state index contributed by atoms with van der Waals surface area (Å²) >= 11 is 0. The Morgan fingerprint density at radius 3 is 1.09 bits per heavy atom. The number of aliphatic hydroxyl groups excluding tert-OH is 10. The fourth-order valence-corrected chi connectivity index (χ4v) is 29.6. The lowest BCUT2D eigenvalue weighted by atomic mass is 9.43. The first-order valence-electron chi connectivity index (χ1n) is 30.0. The maximum absolute atomic E-state index is 15.7. The number of hydrogen-bond acceptors (Lipinski definition) is 14. The SMILES string of the molecule is C=CC1C2CCC3C4C2C2C1C1CC5C6C1C1C2C2C4C4C7C8C9C(CCC%10C9C(C1C82)C6C%10C1C5C1(C(=O)NC(CO)CO)C(O)NC(CO)CO)C7C1C(C34)C1(C(=O)NC(CO)CO)C(O)NC(CO)CO. The van der Waals surface area contributed by atoms with E-state index < -0.39 is 100 Å². The molecule has 17 saturated carbocycles. The van der Waals surface area contributed by atoms with Crippen molar-refractivity contribution in [2.24, 2.45) is 206 Å². The first-order chi connectivity index (χ1) is 36.0. The highest BCUT2D eigenvalue weighted by molar-refractivity contribution is 5.89. The molecule has 0 bridgehead atoms. The number of carbonyl (C=O) groups excluding carboxylic acids is 2. The number of allylic oxidation sites excluding steroid dienone is 1. The van der Waals surface area contributed by atoms with Crippen molar-refractivity contribution < 1.29 is 60.7 Å². The minimum Gasteiger partial charge on any atom is -0.395 e. The molecule has 0 aromatic rings. The number of nitrogens with one attached hydrogen (secondary N) is 4. The normalized spacial score (nSPS) is 60.8. The molecule has 16 heteroatoms. The Labute approximate surface area is 432 Å². The van der Waals surface area contributed by atoms with Crippen LogP contribution < -0.4 is 21.3 Å². The average molecular weight is 1030 g/mol. The molecular weight excluding hydrogens is 945 g/mol. The van der Waals surface area contributed by atoms with Gasteiger partial charge in [-0.3, -0.25) is 20.2 Å². The molecule has 17 aliphatic carbocycles. The number of fused-ring (bicyclic) bond motifs is 10. The van der Waals surface area contributed by atoms with Crippen LogP contribution in [0.2, 0.25) is 0 Å². The van der Waals surface area contributed by atoms with Gasteiger partial charge in [0.1, 0.15) is 12.5 Å². The molecule has 74 heavy (non-hydrogen) atoms. The van der Waals surface area contributed by atoms with Gasteiger partial charge in [0.15, 0.2) is 0 Å². The van der Waals surface area contributed by atoms with E-state index in [1.165, 1.54) is 0 Å². The lowest BCUT2D eigenvalue weighted by Crippen LogP contribution is -2.58. The van der Waals surface area contributed by atoms with Gasteiger partial charge in [-0.05, 0) is 227 Å². The highest BCUT2D eigenvalue weighted by Gasteiger charge is 2.95. The zero-order valence-corrected chi connectivity index (χ0v) is 42.3. The zero-order valence-electron chi connectivity index (χ0n) is 42.3. The van der Waals surface area contributed by atoms with Crippen LogP contribution in [-0.4, -0.2) is 152 Å². The quantitative estimate of drug-likeness (QED) is 0.0499. The van der Waals surface area contributed by atoms with E-state index in [9.17, 15) is 51.1 Å². The van der Waals surface area contributed by atoms with E-state index >= 15 is 9.59 Å². The Morgan fingerprint density at radius 1 is 0.392 bits per heavy atom. The van der Waals surface area contributed by atoms with Crippen LogP contribution in [0.1, 0.15) is 32.1 Å². The standard InChI is InChI=1S/C58H82N4O12/c1-2-20-21-3-4-22-29-28(21)37-27(20)25-7-26-33-32(25)42-45(37)47-40(29)43-35(22)51-52(58(51,55(73)61-18(12-67)13-68)56(74)62-19(14-69)15-70)36-24-6-5-23-30-31(24)41(44(36)43)48(47)46(42)39(30)38(33)34(23)50-49(26)57(50,53(71)59-16(8-63)9-64)54(72)60-17(10-65)11-66/h2,16-53,55,59,61,63-71,73H,1,3-15H2,(H,60,72)(H,62,74). The molecule has 0 saturated heterocycles. The van der Waals surface area contributed by atoms with Gasteiger partial charge < -0.3 is 61.7 Å². The predicted molar refractivity (Wildman–Crippen MR) is 260 cm³/mol. The van der Waals surface area contributed by atoms with Crippen molar-refractivity contribution in [3.8, 4) is 0 Å². The molecule has 2 amide bonds. The smallest absolute Gasteiger partial charge is 0.231 e. The maximum Gasteiger partial charge on any atom is 0.231 e. The van der Waals surface area contributed by atoms with Gasteiger partial charge in [0.25, 0.3) is 0 Å². The summed E-state index contributed by atoms with van der Waals surface area (Å²) in [5.41, 5.74) is -2.55. The molecule has 0 heterocycles. The molecule has 17 aliphatic rings. The summed E-state index contributed by atoms with van der Waals surface area (Å²) in [5.74, 6) is 12.5. The molecule has 16 nitrogen and oxygen atoms in total. The van der Waals surface area contributed by atoms with Crippen LogP contribution in [0.15, 0.2) is 12.7 Å². The molecule has 17 fully saturated rings. The minimum atomic E-state index is -1.36. The molecule has 14 N–H and O–H groups in total. The molecule has 0 aromatic carbocycles. The van der Waals surface area contributed by atoms with Crippen LogP contribution in [0.5, 0.6) is 0 Å². The number of amides is 2. The van der Waals surface area contributed by atoms with E-state index in [1.807, 2.05) is 0 Å². The van der Waals surface area contributed by atoms with Gasteiger partial charge in [-0.15, -0.1) is 6.58 Å². The van der Waals surface area contributed by atoms with Crippen LogP contribution in [0.4, 0.5) is 0 Å². The number of rotatable bonds is 19. The third kappa shape index (κ3) is 4.74. The first kappa shape index (κ1) is 47.1. The van der Waals surface area contributed by atoms with Gasteiger partial charge in [0.2, 0.25) is 11.8 Å². The van der Waals surface area contributed by atoms with Crippen molar-refractivity contribution >= 4 is 11.8 Å². The average Bonchev–Trinajstić information content (AvgIpc) is 3.50. The first-order valence-corrected chi connectivity index (χ1v) is 30.0. The van der Waals surface area contributed by atoms with E-state index in [0.717, 1.165) is 32.1 Å². The third-order valence-electron chi connectivity index (χ3n) is 29.3. The van der Waals surface area contributed by atoms with Crippen LogP contribution in [0, 0.1) is 206 Å². The second-order valence-corrected chi connectivity index (χ2v) is 29.2. The van der Waals surface area contributed by atoms with E-state index in [0.29, 0.717) is 148 Å². The maximum atomic E-state index is 15.7. The Balaban J connectivity index is 0.884. The van der Waals surface area contributed by atoms with Crippen molar-refractivity contribution in [1.29, 1.82) is 0 Å². The Morgan fingerprint density at radius 2 is 0.689 bits per heavy atom. The summed E-state index contributed by atoms with van der Waals surface area (Å²) in [4.78, 5) is 31.3. The van der Waals surface area contributed by atoms with Gasteiger partial charge >= 0.3 is 0 Å². The van der Waals surface area contributed by atoms with Gasteiger partial charge in [-0.2, -0.15) is 0 Å². The highest BCUT2D eigenvalue weighted by atomic mass is 16.3. The van der Waals surface area contributed by atoms with Crippen molar-refractivity contribution in [1.82, 2.24) is 21.3 Å². The molecule has 0 spiro atoms.